The molecule has 0 saturated heterocycles. The van der Waals surface area contributed by atoms with Gasteiger partial charge in [0.2, 0.25) is 0 Å². The lowest BCUT2D eigenvalue weighted by atomic mass is 10.00. The van der Waals surface area contributed by atoms with E-state index in [9.17, 15) is 19.8 Å². The molecule has 0 aliphatic carbocycles. The molecule has 0 atom stereocenters. The van der Waals surface area contributed by atoms with Gasteiger partial charge in [0.25, 0.3) is 0 Å². The minimum absolute atomic E-state index is 0.0980. The first kappa shape index (κ1) is 36.0. The Morgan fingerprint density at radius 2 is 0.896 bits per heavy atom. The Bertz CT molecular complexity index is 1510. The van der Waals surface area contributed by atoms with E-state index in [0.717, 1.165) is 36.8 Å². The topological polar surface area (TPSA) is 93.1 Å². The van der Waals surface area contributed by atoms with E-state index in [-0.39, 0.29) is 34.2 Å². The summed E-state index contributed by atoms with van der Waals surface area (Å²) in [6, 6.07) is 24.0. The fourth-order valence-electron chi connectivity index (χ4n) is 5.37. The van der Waals surface area contributed by atoms with Crippen LogP contribution in [0.25, 0.3) is 12.2 Å². The lowest BCUT2D eigenvalue weighted by Gasteiger charge is -2.09. The molecular weight excluding hydrogens is 600 g/mol. The van der Waals surface area contributed by atoms with Crippen molar-refractivity contribution in [1.29, 1.82) is 0 Å². The van der Waals surface area contributed by atoms with Crippen molar-refractivity contribution in [3.8, 4) is 23.0 Å². The van der Waals surface area contributed by atoms with Crippen molar-refractivity contribution in [2.75, 3.05) is 13.2 Å². The molecule has 4 aromatic rings. The molecule has 4 aromatic carbocycles. The Morgan fingerprint density at radius 3 is 1.25 bits per heavy atom. The summed E-state index contributed by atoms with van der Waals surface area (Å²) in [5.74, 6) is 0.385. The largest absolute Gasteiger partial charge is 0.507 e. The summed E-state index contributed by atoms with van der Waals surface area (Å²) in [5, 5.41) is 21.0. The molecule has 0 radical (unpaired) electrons. The van der Waals surface area contributed by atoms with Gasteiger partial charge >= 0.3 is 0 Å². The van der Waals surface area contributed by atoms with Gasteiger partial charge in [-0.15, -0.1) is 0 Å². The van der Waals surface area contributed by atoms with Crippen molar-refractivity contribution in [3.05, 3.63) is 118 Å². The Balaban J connectivity index is 1.29. The zero-order valence-electron chi connectivity index (χ0n) is 28.3. The molecule has 252 valence electrons. The van der Waals surface area contributed by atoms with E-state index in [1.54, 1.807) is 48.5 Å². The predicted octanol–water partition coefficient (Wildman–Crippen LogP) is 10.4. The van der Waals surface area contributed by atoms with E-state index >= 15 is 0 Å². The minimum Gasteiger partial charge on any atom is -0.507 e. The number of rotatable bonds is 20. The highest BCUT2D eigenvalue weighted by Crippen LogP contribution is 2.28. The number of phenols is 2. The lowest BCUT2D eigenvalue weighted by Crippen LogP contribution is -2.03. The number of hydrogen-bond donors (Lipinski definition) is 2. The van der Waals surface area contributed by atoms with Crippen molar-refractivity contribution >= 4 is 23.7 Å². The molecule has 0 saturated carbocycles. The normalized spacial score (nSPS) is 11.1. The molecule has 2 N–H and O–H groups in total. The van der Waals surface area contributed by atoms with Crippen LogP contribution in [0, 0.1) is 0 Å². The van der Waals surface area contributed by atoms with Gasteiger partial charge in [-0.1, -0.05) is 126 Å². The van der Waals surface area contributed by atoms with Gasteiger partial charge in [0, 0.05) is 23.3 Å². The third-order valence-electron chi connectivity index (χ3n) is 8.27. The Hall–Kier alpha value is -4.84. The number of hydrogen-bond acceptors (Lipinski definition) is 6. The molecule has 0 aromatic heterocycles. The summed E-state index contributed by atoms with van der Waals surface area (Å²) in [7, 11) is 0. The average molecular weight is 649 g/mol. The summed E-state index contributed by atoms with van der Waals surface area (Å²) in [6.07, 6.45) is 15.2. The van der Waals surface area contributed by atoms with Crippen LogP contribution in [0.2, 0.25) is 0 Å². The van der Waals surface area contributed by atoms with Gasteiger partial charge in [0.1, 0.15) is 23.0 Å². The number of phenolic OH excluding ortho intramolecular Hbond substituents is 2. The molecule has 4 rings (SSSR count). The maximum absolute atomic E-state index is 13.1. The first-order valence-corrected chi connectivity index (χ1v) is 17.3. The number of unbranched alkanes of at least 4 members (excludes halogenated alkanes) is 8. The van der Waals surface area contributed by atoms with Gasteiger partial charge < -0.3 is 19.7 Å². The number of carbonyl (C=O) groups excluding carboxylic acids is 2. The van der Waals surface area contributed by atoms with Crippen LogP contribution in [0.4, 0.5) is 0 Å². The fraction of sp³-hybridized carbons (Fsp3) is 0.333. The van der Waals surface area contributed by atoms with Gasteiger partial charge in [-0.2, -0.15) is 0 Å². The van der Waals surface area contributed by atoms with E-state index in [1.807, 2.05) is 36.4 Å². The number of aromatic hydroxyl groups is 2. The van der Waals surface area contributed by atoms with Crippen LogP contribution in [0.3, 0.4) is 0 Å². The van der Waals surface area contributed by atoms with Crippen molar-refractivity contribution in [3.63, 3.8) is 0 Å². The van der Waals surface area contributed by atoms with E-state index in [0.29, 0.717) is 35.8 Å². The summed E-state index contributed by atoms with van der Waals surface area (Å²) >= 11 is 0. The van der Waals surface area contributed by atoms with Gasteiger partial charge in [0.05, 0.1) is 24.3 Å². The highest BCUT2D eigenvalue weighted by molar-refractivity contribution is 6.11. The van der Waals surface area contributed by atoms with Crippen LogP contribution in [0.1, 0.15) is 121 Å². The number of benzene rings is 4. The van der Waals surface area contributed by atoms with Crippen molar-refractivity contribution < 1.29 is 29.3 Å². The van der Waals surface area contributed by atoms with Gasteiger partial charge in [-0.25, -0.2) is 0 Å². The molecule has 48 heavy (non-hydrogen) atoms. The van der Waals surface area contributed by atoms with E-state index in [2.05, 4.69) is 13.8 Å². The Morgan fingerprint density at radius 1 is 0.521 bits per heavy atom. The van der Waals surface area contributed by atoms with Gasteiger partial charge in [-0.05, 0) is 48.2 Å². The maximum Gasteiger partial charge on any atom is 0.196 e. The van der Waals surface area contributed by atoms with Crippen molar-refractivity contribution in [2.24, 2.45) is 0 Å². The fourth-order valence-corrected chi connectivity index (χ4v) is 5.37. The summed E-state index contributed by atoms with van der Waals surface area (Å²) in [5.41, 5.74) is 3.20. The number of ketones is 2. The molecule has 0 amide bonds. The van der Waals surface area contributed by atoms with Crippen LogP contribution < -0.4 is 9.47 Å². The third kappa shape index (κ3) is 10.9. The molecule has 0 bridgehead atoms. The van der Waals surface area contributed by atoms with Crippen LogP contribution in [0.5, 0.6) is 23.0 Å². The summed E-state index contributed by atoms with van der Waals surface area (Å²) in [4.78, 5) is 26.1. The van der Waals surface area contributed by atoms with Crippen molar-refractivity contribution in [1.82, 2.24) is 0 Å². The molecule has 0 fully saturated rings. The zero-order chi connectivity index (χ0) is 34.1. The van der Waals surface area contributed by atoms with Crippen LogP contribution in [0.15, 0.2) is 84.9 Å². The van der Waals surface area contributed by atoms with E-state index < -0.39 is 0 Å². The first-order chi connectivity index (χ1) is 23.4. The molecule has 6 nitrogen and oxygen atoms in total. The second kappa shape index (κ2) is 19.1. The van der Waals surface area contributed by atoms with Crippen LogP contribution >= 0.6 is 0 Å². The van der Waals surface area contributed by atoms with Gasteiger partial charge in [-0.3, -0.25) is 9.59 Å². The average Bonchev–Trinajstić information content (AvgIpc) is 3.10. The molecular formula is C42H48O6. The highest BCUT2D eigenvalue weighted by atomic mass is 16.5. The quantitative estimate of drug-likeness (QED) is 0.0563. The Kier molecular flexibility index (Phi) is 14.3. The van der Waals surface area contributed by atoms with Gasteiger partial charge in [0.15, 0.2) is 11.6 Å². The molecule has 0 aliphatic heterocycles. The molecule has 0 unspecified atom stereocenters. The third-order valence-corrected chi connectivity index (χ3v) is 8.27. The van der Waals surface area contributed by atoms with Crippen molar-refractivity contribution in [2.45, 2.75) is 78.1 Å². The highest BCUT2D eigenvalue weighted by Gasteiger charge is 2.16. The monoisotopic (exact) mass is 648 g/mol. The summed E-state index contributed by atoms with van der Waals surface area (Å²) in [6.45, 7) is 5.54. The minimum atomic E-state index is -0.264. The number of ether oxygens (including phenoxy) is 2. The van der Waals surface area contributed by atoms with Crippen LogP contribution in [-0.2, 0) is 0 Å². The van der Waals surface area contributed by atoms with E-state index in [4.69, 9.17) is 9.47 Å². The first-order valence-electron chi connectivity index (χ1n) is 17.3. The van der Waals surface area contributed by atoms with E-state index in [1.165, 1.54) is 50.7 Å². The number of carbonyl (C=O) groups is 2. The smallest absolute Gasteiger partial charge is 0.196 e. The molecule has 0 heterocycles. The lowest BCUT2D eigenvalue weighted by molar-refractivity contribution is 0.102. The summed E-state index contributed by atoms with van der Waals surface area (Å²) < 4.78 is 11.5. The molecule has 0 aliphatic rings. The second-order valence-electron chi connectivity index (χ2n) is 12.1. The second-order valence-corrected chi connectivity index (χ2v) is 12.1. The molecule has 6 heteroatoms. The predicted molar refractivity (Wildman–Crippen MR) is 193 cm³/mol. The maximum atomic E-state index is 13.1. The standard InChI is InChI=1S/C42H48O6/c1-3-5-7-9-11-27-47-35-23-25-37(39(43)29-35)41(45)33-19-15-31(16-20-33)13-14-32-17-21-34(22-18-32)42(46)38-26-24-36(30-40(38)44)48-28-12-10-8-6-4-2/h13-26,29-30,43-44H,3-12,27-28H2,1-2H3/b14-13+. The molecule has 0 spiro atoms. The van der Waals surface area contributed by atoms with Crippen LogP contribution in [-0.4, -0.2) is 35.0 Å². The SMILES string of the molecule is CCCCCCCOc1ccc(C(=O)c2ccc(/C=C/c3ccc(C(=O)c4ccc(OCCCCCCC)cc4O)cc3)cc2)c(O)c1. The Labute approximate surface area is 285 Å². The zero-order valence-corrected chi connectivity index (χ0v) is 28.3.